The average Bonchev–Trinajstić information content (AvgIpc) is 2.15. The Bertz CT molecular complexity index is 197. The third-order valence-corrected chi connectivity index (χ3v) is 2.62. The summed E-state index contributed by atoms with van der Waals surface area (Å²) >= 11 is 0. The van der Waals surface area contributed by atoms with Gasteiger partial charge in [0, 0.05) is 12.8 Å². The van der Waals surface area contributed by atoms with E-state index in [0.717, 1.165) is 12.8 Å². The molecule has 0 fully saturated rings. The van der Waals surface area contributed by atoms with E-state index in [9.17, 15) is 9.59 Å². The summed E-state index contributed by atoms with van der Waals surface area (Å²) in [5, 5.41) is 0. The van der Waals surface area contributed by atoms with E-state index in [4.69, 9.17) is 0 Å². The molecule has 15 heavy (non-hydrogen) atoms. The van der Waals surface area contributed by atoms with Crippen molar-refractivity contribution in [2.24, 2.45) is 5.92 Å². The Morgan fingerprint density at radius 2 is 1.53 bits per heavy atom. The van der Waals surface area contributed by atoms with Gasteiger partial charge >= 0.3 is 0 Å². The minimum Gasteiger partial charge on any atom is -0.299 e. The van der Waals surface area contributed by atoms with Crippen LogP contribution in [0.2, 0.25) is 0 Å². The smallest absolute Gasteiger partial charge is 0.140 e. The van der Waals surface area contributed by atoms with Crippen molar-refractivity contribution in [2.75, 3.05) is 0 Å². The molecule has 0 aromatic heterocycles. The van der Waals surface area contributed by atoms with Crippen LogP contribution in [0, 0.1) is 5.92 Å². The maximum atomic E-state index is 11.4. The van der Waals surface area contributed by atoms with Crippen LogP contribution in [-0.4, -0.2) is 11.6 Å². The topological polar surface area (TPSA) is 34.1 Å². The van der Waals surface area contributed by atoms with Crippen molar-refractivity contribution in [3.05, 3.63) is 0 Å². The predicted molar refractivity (Wildman–Crippen MR) is 62.8 cm³/mol. The Kier molecular flexibility index (Phi) is 8.25. The minimum absolute atomic E-state index is 0.102. The minimum atomic E-state index is 0.102. The first-order chi connectivity index (χ1) is 7.10. The summed E-state index contributed by atoms with van der Waals surface area (Å²) in [6.45, 7) is 6.29. The maximum absolute atomic E-state index is 11.4. The van der Waals surface area contributed by atoms with Crippen molar-refractivity contribution in [3.8, 4) is 0 Å². The van der Waals surface area contributed by atoms with Crippen LogP contribution in [0.3, 0.4) is 0 Å². The summed E-state index contributed by atoms with van der Waals surface area (Å²) in [6.07, 6.45) is 5.42. The zero-order chi connectivity index (χ0) is 11.7. The van der Waals surface area contributed by atoms with Gasteiger partial charge in [-0.3, -0.25) is 9.59 Å². The first kappa shape index (κ1) is 14.3. The molecule has 0 heterocycles. The van der Waals surface area contributed by atoms with Crippen LogP contribution in [0.1, 0.15) is 65.7 Å². The lowest BCUT2D eigenvalue weighted by Crippen LogP contribution is -2.08. The van der Waals surface area contributed by atoms with Crippen LogP contribution in [0.15, 0.2) is 0 Å². The standard InChI is InChI=1S/C13H24O2/c1-4-6-11(3)8-9-13(15)10-12(14)7-5-2/h11H,4-10H2,1-3H3. The molecule has 2 heteroatoms. The van der Waals surface area contributed by atoms with E-state index in [1.165, 1.54) is 12.8 Å². The van der Waals surface area contributed by atoms with Gasteiger partial charge < -0.3 is 0 Å². The van der Waals surface area contributed by atoms with Crippen LogP contribution < -0.4 is 0 Å². The fourth-order valence-corrected chi connectivity index (χ4v) is 1.72. The van der Waals surface area contributed by atoms with Crippen LogP contribution in [-0.2, 0) is 9.59 Å². The van der Waals surface area contributed by atoms with Gasteiger partial charge in [-0.25, -0.2) is 0 Å². The van der Waals surface area contributed by atoms with Crippen molar-refractivity contribution in [1.29, 1.82) is 0 Å². The molecule has 0 radical (unpaired) electrons. The molecule has 0 rings (SSSR count). The number of Topliss-reactive ketones (excluding diaryl/α,β-unsaturated/α-hetero) is 2. The van der Waals surface area contributed by atoms with Gasteiger partial charge in [-0.2, -0.15) is 0 Å². The molecule has 0 N–H and O–H groups in total. The lowest BCUT2D eigenvalue weighted by atomic mass is 9.97. The van der Waals surface area contributed by atoms with Gasteiger partial charge in [0.15, 0.2) is 0 Å². The molecule has 0 amide bonds. The van der Waals surface area contributed by atoms with Gasteiger partial charge in [0.25, 0.3) is 0 Å². The van der Waals surface area contributed by atoms with Gasteiger partial charge in [0.2, 0.25) is 0 Å². The van der Waals surface area contributed by atoms with E-state index < -0.39 is 0 Å². The maximum Gasteiger partial charge on any atom is 0.140 e. The highest BCUT2D eigenvalue weighted by molar-refractivity contribution is 5.98. The first-order valence-electron chi connectivity index (χ1n) is 6.13. The zero-order valence-corrected chi connectivity index (χ0v) is 10.3. The van der Waals surface area contributed by atoms with Gasteiger partial charge in [-0.1, -0.05) is 33.6 Å². The summed E-state index contributed by atoms with van der Waals surface area (Å²) < 4.78 is 0. The van der Waals surface area contributed by atoms with E-state index in [0.29, 0.717) is 18.8 Å². The average molecular weight is 212 g/mol. The summed E-state index contributed by atoms with van der Waals surface area (Å²) in [4.78, 5) is 22.6. The quantitative estimate of drug-likeness (QED) is 0.548. The fraction of sp³-hybridized carbons (Fsp3) is 0.846. The Morgan fingerprint density at radius 3 is 2.07 bits per heavy atom. The zero-order valence-electron chi connectivity index (χ0n) is 10.3. The van der Waals surface area contributed by atoms with Crippen molar-refractivity contribution in [2.45, 2.75) is 65.7 Å². The highest BCUT2D eigenvalue weighted by Gasteiger charge is 2.10. The SMILES string of the molecule is CCCC(=O)CC(=O)CCC(C)CCC. The number of rotatable bonds is 9. The van der Waals surface area contributed by atoms with Crippen molar-refractivity contribution in [3.63, 3.8) is 0 Å². The molecule has 2 nitrogen and oxygen atoms in total. The summed E-state index contributed by atoms with van der Waals surface area (Å²) in [7, 11) is 0. The van der Waals surface area contributed by atoms with E-state index in [1.54, 1.807) is 0 Å². The largest absolute Gasteiger partial charge is 0.299 e. The molecule has 1 atom stereocenters. The van der Waals surface area contributed by atoms with Gasteiger partial charge in [0.05, 0.1) is 6.42 Å². The summed E-state index contributed by atoms with van der Waals surface area (Å²) in [6, 6.07) is 0. The Labute approximate surface area is 93.4 Å². The van der Waals surface area contributed by atoms with Gasteiger partial charge in [-0.15, -0.1) is 0 Å². The third kappa shape index (κ3) is 8.34. The molecule has 0 aliphatic rings. The van der Waals surface area contributed by atoms with Crippen LogP contribution in [0.5, 0.6) is 0 Å². The van der Waals surface area contributed by atoms with Gasteiger partial charge in [0.1, 0.15) is 11.6 Å². The van der Waals surface area contributed by atoms with Crippen molar-refractivity contribution < 1.29 is 9.59 Å². The molecular formula is C13H24O2. The Balaban J connectivity index is 3.61. The fourth-order valence-electron chi connectivity index (χ4n) is 1.72. The third-order valence-electron chi connectivity index (χ3n) is 2.62. The molecule has 0 saturated carbocycles. The van der Waals surface area contributed by atoms with E-state index >= 15 is 0 Å². The molecule has 0 bridgehead atoms. The Morgan fingerprint density at radius 1 is 0.933 bits per heavy atom. The number of hydrogen-bond acceptors (Lipinski definition) is 2. The lowest BCUT2D eigenvalue weighted by molar-refractivity contribution is -0.127. The molecule has 0 aliphatic carbocycles. The molecule has 0 spiro atoms. The van der Waals surface area contributed by atoms with Crippen LogP contribution >= 0.6 is 0 Å². The van der Waals surface area contributed by atoms with Crippen molar-refractivity contribution in [1.82, 2.24) is 0 Å². The second kappa shape index (κ2) is 8.63. The summed E-state index contributed by atoms with van der Waals surface area (Å²) in [5.74, 6) is 0.835. The second-order valence-corrected chi connectivity index (χ2v) is 4.44. The highest BCUT2D eigenvalue weighted by Crippen LogP contribution is 2.13. The monoisotopic (exact) mass is 212 g/mol. The van der Waals surface area contributed by atoms with Crippen LogP contribution in [0.25, 0.3) is 0 Å². The molecule has 0 aliphatic heterocycles. The number of hydrogen-bond donors (Lipinski definition) is 0. The lowest BCUT2D eigenvalue weighted by Gasteiger charge is -2.08. The second-order valence-electron chi connectivity index (χ2n) is 4.44. The van der Waals surface area contributed by atoms with Gasteiger partial charge in [-0.05, 0) is 18.8 Å². The first-order valence-corrected chi connectivity index (χ1v) is 6.13. The number of carbonyl (C=O) groups is 2. The molecule has 1 unspecified atom stereocenters. The molecule has 0 saturated heterocycles. The Hall–Kier alpha value is -0.660. The normalized spacial score (nSPS) is 12.5. The molecular weight excluding hydrogens is 188 g/mol. The van der Waals surface area contributed by atoms with E-state index in [-0.39, 0.29) is 18.0 Å². The predicted octanol–water partition coefficient (Wildman–Crippen LogP) is 3.53. The van der Waals surface area contributed by atoms with E-state index in [1.807, 2.05) is 6.92 Å². The van der Waals surface area contributed by atoms with Crippen molar-refractivity contribution >= 4 is 11.6 Å². The number of ketones is 2. The molecule has 88 valence electrons. The van der Waals surface area contributed by atoms with E-state index in [2.05, 4.69) is 13.8 Å². The molecule has 0 aromatic carbocycles. The highest BCUT2D eigenvalue weighted by atomic mass is 16.1. The molecule has 0 aromatic rings. The summed E-state index contributed by atoms with van der Waals surface area (Å²) in [5.41, 5.74) is 0. The number of carbonyl (C=O) groups excluding carboxylic acids is 2. The van der Waals surface area contributed by atoms with Crippen LogP contribution in [0.4, 0.5) is 0 Å².